The van der Waals surface area contributed by atoms with Gasteiger partial charge < -0.3 is 24.4 Å². The van der Waals surface area contributed by atoms with Gasteiger partial charge in [0.15, 0.2) is 5.54 Å². The van der Waals surface area contributed by atoms with E-state index >= 15 is 0 Å². The van der Waals surface area contributed by atoms with Crippen molar-refractivity contribution in [1.82, 2.24) is 4.90 Å². The Bertz CT molecular complexity index is 1260. The summed E-state index contributed by atoms with van der Waals surface area (Å²) in [5.41, 5.74) is -0.692. The van der Waals surface area contributed by atoms with Gasteiger partial charge in [-0.3, -0.25) is 14.4 Å². The van der Waals surface area contributed by atoms with E-state index in [1.165, 1.54) is 9.80 Å². The van der Waals surface area contributed by atoms with E-state index in [1.807, 2.05) is 6.92 Å². The SMILES string of the molecule is C=CCN1C(=O)C2(/C(=C(/O)c3ccc(OCC)cc3)C(=O)C(=O)N2CC2CCCO2)c2ccccc21. The molecule has 3 aliphatic heterocycles. The van der Waals surface area contributed by atoms with E-state index in [1.54, 1.807) is 54.6 Å². The molecule has 2 fully saturated rings. The smallest absolute Gasteiger partial charge is 0.296 e. The van der Waals surface area contributed by atoms with Crippen LogP contribution in [0.15, 0.2) is 66.8 Å². The number of ether oxygens (including phenoxy) is 2. The summed E-state index contributed by atoms with van der Waals surface area (Å²) in [6.45, 7) is 6.91. The average molecular weight is 489 g/mol. The van der Waals surface area contributed by atoms with Crippen LogP contribution in [0.2, 0.25) is 0 Å². The number of amides is 2. The minimum atomic E-state index is -1.80. The van der Waals surface area contributed by atoms with E-state index in [9.17, 15) is 19.5 Å². The second kappa shape index (κ2) is 9.28. The molecule has 0 aromatic heterocycles. The number of likely N-dealkylation sites (tertiary alicyclic amines) is 1. The van der Waals surface area contributed by atoms with Crippen LogP contribution in [0.3, 0.4) is 0 Å². The largest absolute Gasteiger partial charge is 0.507 e. The van der Waals surface area contributed by atoms with E-state index in [-0.39, 0.29) is 24.8 Å². The minimum absolute atomic E-state index is 0.0621. The molecule has 8 nitrogen and oxygen atoms in total. The van der Waals surface area contributed by atoms with Crippen molar-refractivity contribution in [2.75, 3.05) is 31.2 Å². The molecule has 1 N–H and O–H groups in total. The molecule has 8 heteroatoms. The highest BCUT2D eigenvalue weighted by atomic mass is 16.5. The summed E-state index contributed by atoms with van der Waals surface area (Å²) in [5.74, 6) is -2.02. The molecule has 2 atom stereocenters. The standard InChI is InChI=1S/C28H28N2O6/c1-3-15-29-22-10-6-5-9-21(22)28(27(29)34)23(24(31)18-11-13-19(14-12-18)35-4-2)25(32)26(33)30(28)17-20-8-7-16-36-20/h3,5-6,9-14,20,31H,1,4,7-8,15-17H2,2H3/b24-23+. The molecule has 2 amide bonds. The number of aliphatic hydroxyl groups is 1. The van der Waals surface area contributed by atoms with E-state index < -0.39 is 28.9 Å². The molecule has 3 aliphatic rings. The van der Waals surface area contributed by atoms with Crippen LogP contribution in [0, 0.1) is 0 Å². The molecule has 1 spiro atoms. The number of para-hydroxylation sites is 1. The maximum Gasteiger partial charge on any atom is 0.296 e. The predicted molar refractivity (Wildman–Crippen MR) is 134 cm³/mol. The number of aliphatic hydroxyl groups excluding tert-OH is 1. The molecule has 3 heterocycles. The zero-order valence-electron chi connectivity index (χ0n) is 20.1. The normalized spacial score (nSPS) is 24.6. The number of anilines is 1. The molecule has 36 heavy (non-hydrogen) atoms. The lowest BCUT2D eigenvalue weighted by Gasteiger charge is -2.35. The maximum atomic E-state index is 14.3. The molecule has 0 saturated carbocycles. The van der Waals surface area contributed by atoms with Gasteiger partial charge in [0.2, 0.25) is 0 Å². The van der Waals surface area contributed by atoms with Gasteiger partial charge in [-0.1, -0.05) is 24.3 Å². The van der Waals surface area contributed by atoms with Crippen molar-refractivity contribution in [3.63, 3.8) is 0 Å². The van der Waals surface area contributed by atoms with E-state index in [0.717, 1.165) is 6.42 Å². The van der Waals surface area contributed by atoms with Crippen LogP contribution in [0.1, 0.15) is 30.9 Å². The number of benzene rings is 2. The molecule has 2 aromatic carbocycles. The summed E-state index contributed by atoms with van der Waals surface area (Å²) in [7, 11) is 0. The Kier molecular flexibility index (Phi) is 6.14. The highest BCUT2D eigenvalue weighted by molar-refractivity contribution is 6.50. The number of hydrogen-bond acceptors (Lipinski definition) is 6. The van der Waals surface area contributed by atoms with Gasteiger partial charge in [0.1, 0.15) is 11.5 Å². The van der Waals surface area contributed by atoms with Crippen molar-refractivity contribution < 1.29 is 29.0 Å². The first-order valence-corrected chi connectivity index (χ1v) is 12.1. The van der Waals surface area contributed by atoms with Gasteiger partial charge in [0, 0.05) is 30.8 Å². The van der Waals surface area contributed by atoms with E-state index in [0.29, 0.717) is 42.2 Å². The molecule has 2 aromatic rings. The summed E-state index contributed by atoms with van der Waals surface area (Å²) < 4.78 is 11.3. The number of carbonyl (C=O) groups is 3. The lowest BCUT2D eigenvalue weighted by atomic mass is 9.81. The van der Waals surface area contributed by atoms with Gasteiger partial charge in [0.05, 0.1) is 24.0 Å². The first-order valence-electron chi connectivity index (χ1n) is 12.1. The van der Waals surface area contributed by atoms with Crippen LogP contribution in [-0.2, 0) is 24.7 Å². The molecule has 0 radical (unpaired) electrons. The summed E-state index contributed by atoms with van der Waals surface area (Å²) in [5, 5.41) is 11.5. The first kappa shape index (κ1) is 23.8. The molecular formula is C28H28N2O6. The lowest BCUT2D eigenvalue weighted by Crippen LogP contribution is -2.53. The third kappa shape index (κ3) is 3.44. The highest BCUT2D eigenvalue weighted by Crippen LogP contribution is 2.53. The summed E-state index contributed by atoms with van der Waals surface area (Å²) >= 11 is 0. The van der Waals surface area contributed by atoms with Crippen molar-refractivity contribution in [3.05, 3.63) is 77.9 Å². The maximum absolute atomic E-state index is 14.3. The van der Waals surface area contributed by atoms with Crippen LogP contribution >= 0.6 is 0 Å². The molecule has 0 aliphatic carbocycles. The topological polar surface area (TPSA) is 96.4 Å². The Morgan fingerprint density at radius 2 is 1.94 bits per heavy atom. The summed E-state index contributed by atoms with van der Waals surface area (Å²) in [6.07, 6.45) is 2.83. The van der Waals surface area contributed by atoms with Crippen molar-refractivity contribution in [3.8, 4) is 5.75 Å². The summed E-state index contributed by atoms with van der Waals surface area (Å²) in [6, 6.07) is 13.6. The fourth-order valence-corrected chi connectivity index (χ4v) is 5.44. The first-order chi connectivity index (χ1) is 17.4. The van der Waals surface area contributed by atoms with Gasteiger partial charge in [-0.15, -0.1) is 6.58 Å². The van der Waals surface area contributed by atoms with Gasteiger partial charge in [0.25, 0.3) is 17.6 Å². The Morgan fingerprint density at radius 3 is 2.61 bits per heavy atom. The van der Waals surface area contributed by atoms with Gasteiger partial charge in [-0.2, -0.15) is 0 Å². The molecular weight excluding hydrogens is 460 g/mol. The Hall–Kier alpha value is -3.91. The zero-order valence-corrected chi connectivity index (χ0v) is 20.1. The fourth-order valence-electron chi connectivity index (χ4n) is 5.44. The second-order valence-corrected chi connectivity index (χ2v) is 8.99. The molecule has 2 saturated heterocycles. The van der Waals surface area contributed by atoms with E-state index in [4.69, 9.17) is 9.47 Å². The quantitative estimate of drug-likeness (QED) is 0.278. The van der Waals surface area contributed by atoms with Crippen molar-refractivity contribution in [1.29, 1.82) is 0 Å². The number of hydrogen-bond donors (Lipinski definition) is 1. The molecule has 5 rings (SSSR count). The predicted octanol–water partition coefficient (Wildman–Crippen LogP) is 3.37. The van der Waals surface area contributed by atoms with Crippen molar-refractivity contribution in [2.24, 2.45) is 0 Å². The number of Topliss-reactive ketones (excluding diaryl/α,β-unsaturated/α-hetero) is 1. The third-order valence-electron chi connectivity index (χ3n) is 6.97. The monoisotopic (exact) mass is 488 g/mol. The fraction of sp³-hybridized carbons (Fsp3) is 0.321. The summed E-state index contributed by atoms with van der Waals surface area (Å²) in [4.78, 5) is 44.2. The molecule has 0 bridgehead atoms. The van der Waals surface area contributed by atoms with Crippen LogP contribution in [0.4, 0.5) is 5.69 Å². The number of nitrogens with zero attached hydrogens (tertiary/aromatic N) is 2. The Morgan fingerprint density at radius 1 is 1.19 bits per heavy atom. The highest BCUT2D eigenvalue weighted by Gasteiger charge is 2.67. The lowest BCUT2D eigenvalue weighted by molar-refractivity contribution is -0.145. The number of rotatable bonds is 7. The third-order valence-corrected chi connectivity index (χ3v) is 6.97. The van der Waals surface area contributed by atoms with Gasteiger partial charge in [-0.25, -0.2) is 0 Å². The Balaban J connectivity index is 1.75. The zero-order chi connectivity index (χ0) is 25.4. The number of fused-ring (bicyclic) bond motifs is 2. The number of carbonyl (C=O) groups excluding carboxylic acids is 3. The van der Waals surface area contributed by atoms with E-state index in [2.05, 4.69) is 6.58 Å². The molecule has 186 valence electrons. The van der Waals surface area contributed by atoms with Crippen LogP contribution in [0.25, 0.3) is 5.76 Å². The number of ketones is 1. The van der Waals surface area contributed by atoms with Crippen molar-refractivity contribution >= 4 is 29.0 Å². The van der Waals surface area contributed by atoms with Gasteiger partial charge in [-0.05, 0) is 50.1 Å². The van der Waals surface area contributed by atoms with Crippen LogP contribution in [-0.4, -0.2) is 60.0 Å². The Labute approximate surface area is 209 Å². The van der Waals surface area contributed by atoms with Crippen LogP contribution in [0.5, 0.6) is 5.75 Å². The van der Waals surface area contributed by atoms with Gasteiger partial charge >= 0.3 is 0 Å². The molecule has 2 unspecified atom stereocenters. The minimum Gasteiger partial charge on any atom is -0.507 e. The van der Waals surface area contributed by atoms with Crippen LogP contribution < -0.4 is 9.64 Å². The van der Waals surface area contributed by atoms with Crippen molar-refractivity contribution in [2.45, 2.75) is 31.4 Å². The average Bonchev–Trinajstić information content (AvgIpc) is 3.55. The second-order valence-electron chi connectivity index (χ2n) is 8.99.